The zero-order valence-corrected chi connectivity index (χ0v) is 10.5. The van der Waals surface area contributed by atoms with Crippen molar-refractivity contribution in [2.75, 3.05) is 43.5 Å². The van der Waals surface area contributed by atoms with Crippen LogP contribution in [0.5, 0.6) is 0 Å². The third-order valence-electron chi connectivity index (χ3n) is 3.19. The number of nitrogen functional groups attached to an aromatic ring is 1. The van der Waals surface area contributed by atoms with E-state index in [1.54, 1.807) is 12.1 Å². The SMILES string of the molecule is Nc1ccc(N2CCOCC2)c([N+](=O)[O-])c1CCO. The van der Waals surface area contributed by atoms with Crippen molar-refractivity contribution in [3.8, 4) is 0 Å². The summed E-state index contributed by atoms with van der Waals surface area (Å²) in [5.41, 5.74) is 7.07. The van der Waals surface area contributed by atoms with E-state index in [9.17, 15) is 10.1 Å². The molecule has 1 aromatic rings. The second-order valence-electron chi connectivity index (χ2n) is 4.33. The van der Waals surface area contributed by atoms with Crippen molar-refractivity contribution in [3.05, 3.63) is 27.8 Å². The lowest BCUT2D eigenvalue weighted by molar-refractivity contribution is -0.384. The summed E-state index contributed by atoms with van der Waals surface area (Å²) in [5.74, 6) is 0. The molecule has 0 aliphatic carbocycles. The fraction of sp³-hybridized carbons (Fsp3) is 0.500. The summed E-state index contributed by atoms with van der Waals surface area (Å²) < 4.78 is 5.25. The number of aliphatic hydroxyl groups excluding tert-OH is 1. The number of ether oxygens (including phenoxy) is 1. The first kappa shape index (κ1) is 13.6. The van der Waals surface area contributed by atoms with Crippen LogP contribution in [0.2, 0.25) is 0 Å². The van der Waals surface area contributed by atoms with Gasteiger partial charge in [0.05, 0.1) is 23.7 Å². The van der Waals surface area contributed by atoms with Crippen molar-refractivity contribution in [2.24, 2.45) is 0 Å². The third kappa shape index (κ3) is 2.77. The number of aliphatic hydroxyl groups is 1. The van der Waals surface area contributed by atoms with Crippen LogP contribution in [0.4, 0.5) is 17.1 Å². The quantitative estimate of drug-likeness (QED) is 0.469. The number of hydrogen-bond donors (Lipinski definition) is 2. The van der Waals surface area contributed by atoms with E-state index in [0.29, 0.717) is 43.2 Å². The van der Waals surface area contributed by atoms with Crippen LogP contribution in [0, 0.1) is 10.1 Å². The first-order valence-corrected chi connectivity index (χ1v) is 6.14. The molecule has 0 unspecified atom stereocenters. The van der Waals surface area contributed by atoms with E-state index in [1.807, 2.05) is 4.90 Å². The highest BCUT2D eigenvalue weighted by Gasteiger charge is 2.26. The highest BCUT2D eigenvalue weighted by Crippen LogP contribution is 2.36. The van der Waals surface area contributed by atoms with E-state index in [-0.39, 0.29) is 18.7 Å². The Kier molecular flexibility index (Phi) is 4.18. The molecule has 0 saturated carbocycles. The first-order valence-electron chi connectivity index (χ1n) is 6.14. The summed E-state index contributed by atoms with van der Waals surface area (Å²) in [6.45, 7) is 2.16. The van der Waals surface area contributed by atoms with Gasteiger partial charge in [0.2, 0.25) is 0 Å². The van der Waals surface area contributed by atoms with Gasteiger partial charge < -0.3 is 20.5 Å². The highest BCUT2D eigenvalue weighted by atomic mass is 16.6. The van der Waals surface area contributed by atoms with Crippen molar-refractivity contribution in [2.45, 2.75) is 6.42 Å². The summed E-state index contributed by atoms with van der Waals surface area (Å²) in [5, 5.41) is 20.4. The van der Waals surface area contributed by atoms with Crippen LogP contribution in [-0.2, 0) is 11.2 Å². The Morgan fingerprint density at radius 3 is 2.68 bits per heavy atom. The lowest BCUT2D eigenvalue weighted by Crippen LogP contribution is -2.36. The molecule has 1 fully saturated rings. The molecule has 2 rings (SSSR count). The molecule has 0 spiro atoms. The number of nitro groups is 1. The highest BCUT2D eigenvalue weighted by molar-refractivity contribution is 5.73. The molecule has 1 saturated heterocycles. The van der Waals surface area contributed by atoms with E-state index in [0.717, 1.165) is 0 Å². The van der Waals surface area contributed by atoms with E-state index >= 15 is 0 Å². The molecule has 1 heterocycles. The van der Waals surface area contributed by atoms with Crippen molar-refractivity contribution in [1.29, 1.82) is 0 Å². The van der Waals surface area contributed by atoms with Crippen LogP contribution in [0.25, 0.3) is 0 Å². The van der Waals surface area contributed by atoms with Gasteiger partial charge >= 0.3 is 0 Å². The Labute approximate surface area is 110 Å². The summed E-state index contributed by atoms with van der Waals surface area (Å²) >= 11 is 0. The largest absolute Gasteiger partial charge is 0.398 e. The summed E-state index contributed by atoms with van der Waals surface area (Å²) in [7, 11) is 0. The number of nitrogens with zero attached hydrogens (tertiary/aromatic N) is 2. The van der Waals surface area contributed by atoms with Gasteiger partial charge in [0.15, 0.2) is 0 Å². The van der Waals surface area contributed by atoms with Gasteiger partial charge in [0, 0.05) is 31.8 Å². The zero-order valence-electron chi connectivity index (χ0n) is 10.5. The van der Waals surface area contributed by atoms with E-state index in [1.165, 1.54) is 0 Å². The van der Waals surface area contributed by atoms with Gasteiger partial charge in [-0.1, -0.05) is 0 Å². The molecule has 1 aromatic carbocycles. The Morgan fingerprint density at radius 1 is 1.42 bits per heavy atom. The van der Waals surface area contributed by atoms with Crippen LogP contribution < -0.4 is 10.6 Å². The Hall–Kier alpha value is -1.86. The van der Waals surface area contributed by atoms with Crippen LogP contribution >= 0.6 is 0 Å². The topological polar surface area (TPSA) is 102 Å². The summed E-state index contributed by atoms with van der Waals surface area (Å²) in [6, 6.07) is 3.32. The molecule has 7 nitrogen and oxygen atoms in total. The normalized spacial score (nSPS) is 15.5. The Balaban J connectivity index is 2.47. The van der Waals surface area contributed by atoms with Crippen LogP contribution in [-0.4, -0.2) is 42.9 Å². The van der Waals surface area contributed by atoms with Crippen LogP contribution in [0.15, 0.2) is 12.1 Å². The molecule has 0 amide bonds. The Morgan fingerprint density at radius 2 is 2.11 bits per heavy atom. The lowest BCUT2D eigenvalue weighted by Gasteiger charge is -2.29. The van der Waals surface area contributed by atoms with E-state index in [4.69, 9.17) is 15.6 Å². The molecule has 19 heavy (non-hydrogen) atoms. The van der Waals surface area contributed by atoms with Gasteiger partial charge in [-0.2, -0.15) is 0 Å². The lowest BCUT2D eigenvalue weighted by atomic mass is 10.0. The maximum atomic E-state index is 11.3. The van der Waals surface area contributed by atoms with Gasteiger partial charge in [0.1, 0.15) is 5.69 Å². The summed E-state index contributed by atoms with van der Waals surface area (Å²) in [6.07, 6.45) is 0.181. The smallest absolute Gasteiger partial charge is 0.297 e. The number of anilines is 2. The van der Waals surface area contributed by atoms with Crippen molar-refractivity contribution < 1.29 is 14.8 Å². The predicted octanol–water partition coefficient (Wildman–Crippen LogP) is 0.548. The van der Waals surface area contributed by atoms with Gasteiger partial charge in [-0.25, -0.2) is 0 Å². The molecule has 1 aliphatic heterocycles. The standard InChI is InChI=1S/C12H17N3O4/c13-10-1-2-11(14-4-7-19-8-5-14)12(15(17)18)9(10)3-6-16/h1-2,16H,3-8,13H2. The molecule has 0 bridgehead atoms. The third-order valence-corrected chi connectivity index (χ3v) is 3.19. The van der Waals surface area contributed by atoms with Crippen molar-refractivity contribution >= 4 is 17.1 Å². The number of nitrogens with two attached hydrogens (primary N) is 1. The molecule has 0 atom stereocenters. The monoisotopic (exact) mass is 267 g/mol. The second-order valence-corrected chi connectivity index (χ2v) is 4.33. The minimum absolute atomic E-state index is 0.00375. The maximum Gasteiger partial charge on any atom is 0.297 e. The predicted molar refractivity (Wildman–Crippen MR) is 71.3 cm³/mol. The molecule has 3 N–H and O–H groups in total. The van der Waals surface area contributed by atoms with Crippen LogP contribution in [0.3, 0.4) is 0 Å². The number of benzene rings is 1. The van der Waals surface area contributed by atoms with Gasteiger partial charge in [-0.3, -0.25) is 10.1 Å². The maximum absolute atomic E-state index is 11.3. The average Bonchev–Trinajstić information content (AvgIpc) is 2.41. The van der Waals surface area contributed by atoms with Gasteiger partial charge in [-0.05, 0) is 12.1 Å². The van der Waals surface area contributed by atoms with Crippen molar-refractivity contribution in [1.82, 2.24) is 0 Å². The van der Waals surface area contributed by atoms with Gasteiger partial charge in [0.25, 0.3) is 5.69 Å². The molecule has 0 aromatic heterocycles. The van der Waals surface area contributed by atoms with E-state index in [2.05, 4.69) is 0 Å². The van der Waals surface area contributed by atoms with Crippen LogP contribution in [0.1, 0.15) is 5.56 Å². The minimum atomic E-state index is -0.424. The van der Waals surface area contributed by atoms with Gasteiger partial charge in [-0.15, -0.1) is 0 Å². The molecular weight excluding hydrogens is 250 g/mol. The van der Waals surface area contributed by atoms with Crippen molar-refractivity contribution in [3.63, 3.8) is 0 Å². The molecule has 104 valence electrons. The number of rotatable bonds is 4. The van der Waals surface area contributed by atoms with E-state index < -0.39 is 4.92 Å². The minimum Gasteiger partial charge on any atom is -0.398 e. The molecule has 7 heteroatoms. The second kappa shape index (κ2) is 5.85. The molecular formula is C12H17N3O4. The Bertz CT molecular complexity index is 472. The average molecular weight is 267 g/mol. The fourth-order valence-corrected chi connectivity index (χ4v) is 2.28. The molecule has 1 aliphatic rings. The summed E-state index contributed by atoms with van der Waals surface area (Å²) in [4.78, 5) is 12.8. The number of hydrogen-bond acceptors (Lipinski definition) is 6. The first-order chi connectivity index (χ1) is 9.15. The molecule has 0 radical (unpaired) electrons. The fourth-order valence-electron chi connectivity index (χ4n) is 2.28. The zero-order chi connectivity index (χ0) is 13.8. The number of morpholine rings is 1. The number of nitro benzene ring substituents is 1.